The van der Waals surface area contributed by atoms with Crippen LogP contribution >= 0.6 is 0 Å². The summed E-state index contributed by atoms with van der Waals surface area (Å²) in [5.74, 6) is 0.705. The van der Waals surface area contributed by atoms with Crippen molar-refractivity contribution in [3.05, 3.63) is 60.3 Å². The monoisotopic (exact) mass is 249 g/mol. The van der Waals surface area contributed by atoms with Crippen LogP contribution in [0.4, 0.5) is 17.2 Å². The molecule has 2 aromatic carbocycles. The molecule has 0 amide bonds. The molecule has 1 aromatic heterocycles. The lowest BCUT2D eigenvalue weighted by Gasteiger charge is -2.12. The normalized spacial score (nSPS) is 10.6. The molecule has 0 aliphatic rings. The fourth-order valence-electron chi connectivity index (χ4n) is 2.13. The number of hydrogen-bond acceptors (Lipinski definition) is 3. The number of nitrogens with two attached hydrogens (primary N) is 1. The molecule has 3 aromatic rings. The molecule has 94 valence electrons. The van der Waals surface area contributed by atoms with Gasteiger partial charge in [-0.2, -0.15) is 0 Å². The summed E-state index contributed by atoms with van der Waals surface area (Å²) in [5, 5.41) is 5.67. The molecule has 0 atom stereocenters. The van der Waals surface area contributed by atoms with E-state index in [4.69, 9.17) is 5.73 Å². The van der Waals surface area contributed by atoms with Crippen LogP contribution in [0.15, 0.2) is 54.7 Å². The first-order valence-electron chi connectivity index (χ1n) is 6.21. The smallest absolute Gasteiger partial charge is 0.153 e. The van der Waals surface area contributed by atoms with Crippen molar-refractivity contribution < 1.29 is 0 Å². The van der Waals surface area contributed by atoms with E-state index in [2.05, 4.69) is 28.5 Å². The largest absolute Gasteiger partial charge is 0.396 e. The summed E-state index contributed by atoms with van der Waals surface area (Å²) in [6, 6.07) is 16.3. The fraction of sp³-hybridized carbons (Fsp3) is 0.0625. The predicted octanol–water partition coefficient (Wildman–Crippen LogP) is 3.87. The van der Waals surface area contributed by atoms with Gasteiger partial charge in [0.1, 0.15) is 0 Å². The SMILES string of the molecule is Cc1ccnc(Nc2cccc3ccccc23)c1N. The third kappa shape index (κ3) is 2.10. The van der Waals surface area contributed by atoms with Crippen LogP contribution in [0.1, 0.15) is 5.56 Å². The molecule has 3 rings (SSSR count). The van der Waals surface area contributed by atoms with Crippen molar-refractivity contribution >= 4 is 28.0 Å². The van der Waals surface area contributed by atoms with Crippen LogP contribution in [0.5, 0.6) is 0 Å². The van der Waals surface area contributed by atoms with E-state index < -0.39 is 0 Å². The summed E-state index contributed by atoms with van der Waals surface area (Å²) in [6.45, 7) is 1.98. The van der Waals surface area contributed by atoms with Crippen molar-refractivity contribution in [3.8, 4) is 0 Å². The van der Waals surface area contributed by atoms with Crippen molar-refractivity contribution in [3.63, 3.8) is 0 Å². The number of pyridine rings is 1. The summed E-state index contributed by atoms with van der Waals surface area (Å²) in [4.78, 5) is 4.31. The maximum atomic E-state index is 6.05. The molecule has 0 saturated heterocycles. The van der Waals surface area contributed by atoms with E-state index >= 15 is 0 Å². The highest BCUT2D eigenvalue weighted by atomic mass is 15.0. The van der Waals surface area contributed by atoms with Gasteiger partial charge in [0.2, 0.25) is 0 Å². The van der Waals surface area contributed by atoms with Gasteiger partial charge in [0, 0.05) is 17.3 Å². The van der Waals surface area contributed by atoms with E-state index in [1.54, 1.807) is 6.20 Å². The average molecular weight is 249 g/mol. The maximum absolute atomic E-state index is 6.05. The molecular formula is C16H15N3. The van der Waals surface area contributed by atoms with Crippen molar-refractivity contribution in [2.24, 2.45) is 0 Å². The minimum absolute atomic E-state index is 0.690. The van der Waals surface area contributed by atoms with Gasteiger partial charge >= 0.3 is 0 Å². The van der Waals surface area contributed by atoms with Gasteiger partial charge in [0.25, 0.3) is 0 Å². The lowest BCUT2D eigenvalue weighted by Crippen LogP contribution is -2.01. The molecule has 0 fully saturated rings. The van der Waals surface area contributed by atoms with E-state index in [9.17, 15) is 0 Å². The molecule has 3 N–H and O–H groups in total. The van der Waals surface area contributed by atoms with Crippen LogP contribution in [-0.2, 0) is 0 Å². The molecule has 3 nitrogen and oxygen atoms in total. The molecule has 0 aliphatic heterocycles. The Labute approximate surface area is 112 Å². The molecule has 1 heterocycles. The zero-order valence-corrected chi connectivity index (χ0v) is 10.7. The van der Waals surface area contributed by atoms with E-state index in [1.165, 1.54) is 5.39 Å². The number of hydrogen-bond donors (Lipinski definition) is 2. The summed E-state index contributed by atoms with van der Waals surface area (Å²) in [5.41, 5.74) is 8.78. The number of aryl methyl sites for hydroxylation is 1. The molecular weight excluding hydrogens is 234 g/mol. The van der Waals surface area contributed by atoms with Crippen molar-refractivity contribution in [2.75, 3.05) is 11.1 Å². The van der Waals surface area contributed by atoms with Gasteiger partial charge in [-0.1, -0.05) is 36.4 Å². The van der Waals surface area contributed by atoms with Crippen molar-refractivity contribution in [1.29, 1.82) is 0 Å². The second-order valence-corrected chi connectivity index (χ2v) is 4.54. The molecule has 0 aliphatic carbocycles. The van der Waals surface area contributed by atoms with Gasteiger partial charge < -0.3 is 11.1 Å². The first-order chi connectivity index (χ1) is 9.25. The number of anilines is 3. The number of rotatable bonds is 2. The standard InChI is InChI=1S/C16H15N3/c1-11-9-10-18-16(15(11)17)19-14-8-4-6-12-5-2-3-7-13(12)14/h2-10H,17H2,1H3,(H,18,19). The summed E-state index contributed by atoms with van der Waals surface area (Å²) in [6.07, 6.45) is 1.76. The third-order valence-electron chi connectivity index (χ3n) is 3.25. The summed E-state index contributed by atoms with van der Waals surface area (Å²) < 4.78 is 0. The van der Waals surface area contributed by atoms with Gasteiger partial charge in [0.05, 0.1) is 5.69 Å². The van der Waals surface area contributed by atoms with E-state index in [0.29, 0.717) is 11.5 Å². The van der Waals surface area contributed by atoms with Crippen LogP contribution in [-0.4, -0.2) is 4.98 Å². The second kappa shape index (κ2) is 4.61. The molecule has 0 saturated carbocycles. The molecule has 0 radical (unpaired) electrons. The third-order valence-corrected chi connectivity index (χ3v) is 3.25. The summed E-state index contributed by atoms with van der Waals surface area (Å²) >= 11 is 0. The predicted molar refractivity (Wildman–Crippen MR) is 80.6 cm³/mol. The van der Waals surface area contributed by atoms with Crippen LogP contribution in [0, 0.1) is 6.92 Å². The Balaban J connectivity index is 2.09. The Morgan fingerprint density at radius 1 is 1.00 bits per heavy atom. The Kier molecular flexibility index (Phi) is 2.80. The minimum Gasteiger partial charge on any atom is -0.396 e. The van der Waals surface area contributed by atoms with Gasteiger partial charge in [-0.05, 0) is 30.0 Å². The molecule has 0 bridgehead atoms. The molecule has 19 heavy (non-hydrogen) atoms. The molecule has 0 spiro atoms. The number of aromatic nitrogens is 1. The van der Waals surface area contributed by atoms with Gasteiger partial charge in [-0.15, -0.1) is 0 Å². The number of benzene rings is 2. The lowest BCUT2D eigenvalue weighted by molar-refractivity contribution is 1.28. The second-order valence-electron chi connectivity index (χ2n) is 4.54. The van der Waals surface area contributed by atoms with Gasteiger partial charge in [0.15, 0.2) is 5.82 Å². The number of nitrogens with zero attached hydrogens (tertiary/aromatic N) is 1. The molecule has 0 unspecified atom stereocenters. The molecule has 3 heteroatoms. The first-order valence-corrected chi connectivity index (χ1v) is 6.21. The van der Waals surface area contributed by atoms with Crippen molar-refractivity contribution in [1.82, 2.24) is 4.98 Å². The van der Waals surface area contributed by atoms with Crippen LogP contribution in [0.25, 0.3) is 10.8 Å². The highest BCUT2D eigenvalue weighted by Crippen LogP contribution is 2.28. The van der Waals surface area contributed by atoms with E-state index in [-0.39, 0.29) is 0 Å². The Hall–Kier alpha value is -2.55. The Morgan fingerprint density at radius 3 is 2.68 bits per heavy atom. The zero-order chi connectivity index (χ0) is 13.2. The van der Waals surface area contributed by atoms with Crippen LogP contribution in [0.2, 0.25) is 0 Å². The highest BCUT2D eigenvalue weighted by molar-refractivity contribution is 5.95. The number of fused-ring (bicyclic) bond motifs is 1. The van der Waals surface area contributed by atoms with Gasteiger partial charge in [-0.25, -0.2) is 4.98 Å². The minimum atomic E-state index is 0.690. The summed E-state index contributed by atoms with van der Waals surface area (Å²) in [7, 11) is 0. The van der Waals surface area contributed by atoms with Crippen LogP contribution < -0.4 is 11.1 Å². The van der Waals surface area contributed by atoms with Crippen LogP contribution in [0.3, 0.4) is 0 Å². The average Bonchev–Trinajstić information content (AvgIpc) is 2.44. The first kappa shape index (κ1) is 11.5. The van der Waals surface area contributed by atoms with E-state index in [1.807, 2.05) is 37.3 Å². The lowest BCUT2D eigenvalue weighted by atomic mass is 10.1. The number of nitrogens with one attached hydrogen (secondary N) is 1. The number of nitrogen functional groups attached to an aromatic ring is 1. The zero-order valence-electron chi connectivity index (χ0n) is 10.7. The fourth-order valence-corrected chi connectivity index (χ4v) is 2.13. The highest BCUT2D eigenvalue weighted by Gasteiger charge is 2.05. The Bertz CT molecular complexity index is 730. The van der Waals surface area contributed by atoms with E-state index in [0.717, 1.165) is 16.6 Å². The maximum Gasteiger partial charge on any atom is 0.153 e. The van der Waals surface area contributed by atoms with Crippen molar-refractivity contribution in [2.45, 2.75) is 6.92 Å². The quantitative estimate of drug-likeness (QED) is 0.725. The Morgan fingerprint density at radius 2 is 1.79 bits per heavy atom. The van der Waals surface area contributed by atoms with Gasteiger partial charge in [-0.3, -0.25) is 0 Å². The topological polar surface area (TPSA) is 50.9 Å².